The van der Waals surface area contributed by atoms with E-state index >= 15 is 0 Å². The average molecular weight is 374 g/mol. The minimum Gasteiger partial charge on any atom is -0.492 e. The highest BCUT2D eigenvalue weighted by atomic mass is 16.5. The lowest BCUT2D eigenvalue weighted by molar-refractivity contribution is -0.135. The van der Waals surface area contributed by atoms with Crippen LogP contribution in [-0.4, -0.2) is 72.8 Å². The van der Waals surface area contributed by atoms with Crippen molar-refractivity contribution >= 4 is 11.9 Å². The molecular weight excluding hydrogens is 348 g/mol. The van der Waals surface area contributed by atoms with Gasteiger partial charge in [-0.1, -0.05) is 0 Å². The Labute approximate surface area is 159 Å². The summed E-state index contributed by atoms with van der Waals surface area (Å²) in [7, 11) is 3.29. The van der Waals surface area contributed by atoms with Crippen molar-refractivity contribution in [2.45, 2.75) is 24.9 Å². The summed E-state index contributed by atoms with van der Waals surface area (Å²) in [6.07, 6.45) is 1.15. The molecule has 0 radical (unpaired) electrons. The molecule has 0 aliphatic carbocycles. The van der Waals surface area contributed by atoms with Gasteiger partial charge in [-0.2, -0.15) is 5.26 Å². The van der Waals surface area contributed by atoms with Crippen LogP contribution in [-0.2, 0) is 4.79 Å². The van der Waals surface area contributed by atoms with E-state index in [-0.39, 0.29) is 31.5 Å². The second-order valence-corrected chi connectivity index (χ2v) is 6.93. The van der Waals surface area contributed by atoms with Gasteiger partial charge in [0.05, 0.1) is 36.7 Å². The van der Waals surface area contributed by atoms with Crippen molar-refractivity contribution in [1.29, 1.82) is 5.26 Å². The van der Waals surface area contributed by atoms with Crippen molar-refractivity contribution in [3.63, 3.8) is 0 Å². The number of amides is 3. The minimum absolute atomic E-state index is 0.00554. The van der Waals surface area contributed by atoms with E-state index in [2.05, 4.69) is 5.32 Å². The first-order chi connectivity index (χ1) is 12.8. The third kappa shape index (κ3) is 6.15. The molecule has 8 nitrogen and oxygen atoms in total. The van der Waals surface area contributed by atoms with Crippen LogP contribution >= 0.6 is 0 Å². The summed E-state index contributed by atoms with van der Waals surface area (Å²) < 4.78 is 5.52. The predicted molar refractivity (Wildman–Crippen MR) is 99.1 cm³/mol. The molecule has 0 aromatic heterocycles. The summed E-state index contributed by atoms with van der Waals surface area (Å²) in [5, 5.41) is 22.2. The molecule has 0 bridgehead atoms. The Morgan fingerprint density at radius 2 is 2.07 bits per heavy atom. The molecule has 1 atom stereocenters. The summed E-state index contributed by atoms with van der Waals surface area (Å²) in [5.41, 5.74) is -0.628. The molecule has 3 amide bonds. The molecule has 1 aliphatic rings. The largest absolute Gasteiger partial charge is 0.492 e. The molecule has 8 heteroatoms. The van der Waals surface area contributed by atoms with Crippen molar-refractivity contribution in [2.75, 3.05) is 40.3 Å². The topological polar surface area (TPSA) is 106 Å². The smallest absolute Gasteiger partial charge is 0.317 e. The number of likely N-dealkylation sites (tertiary alicyclic amines) is 1. The Balaban J connectivity index is 1.76. The summed E-state index contributed by atoms with van der Waals surface area (Å²) in [6.45, 7) is 1.27. The number of carbonyl (C=O) groups is 2. The number of nitrogens with one attached hydrogen (secondary N) is 1. The lowest BCUT2D eigenvalue weighted by Gasteiger charge is -2.39. The maximum atomic E-state index is 12.3. The van der Waals surface area contributed by atoms with E-state index in [1.165, 1.54) is 9.80 Å². The molecule has 2 rings (SSSR count). The molecule has 146 valence electrons. The van der Waals surface area contributed by atoms with Gasteiger partial charge in [-0.3, -0.25) is 4.79 Å². The zero-order chi connectivity index (χ0) is 19.9. The van der Waals surface area contributed by atoms with Crippen LogP contribution < -0.4 is 10.1 Å². The Bertz CT molecular complexity index is 699. The van der Waals surface area contributed by atoms with E-state index in [4.69, 9.17) is 10.00 Å². The van der Waals surface area contributed by atoms with Gasteiger partial charge >= 0.3 is 6.03 Å². The number of rotatable bonds is 6. The van der Waals surface area contributed by atoms with Crippen molar-refractivity contribution < 1.29 is 19.4 Å². The second-order valence-electron chi connectivity index (χ2n) is 6.93. The van der Waals surface area contributed by atoms with Crippen LogP contribution in [0.3, 0.4) is 0 Å². The molecule has 1 aromatic rings. The second kappa shape index (κ2) is 9.24. The van der Waals surface area contributed by atoms with E-state index in [0.29, 0.717) is 37.2 Å². The van der Waals surface area contributed by atoms with Gasteiger partial charge in [0.2, 0.25) is 5.91 Å². The number of benzene rings is 1. The maximum Gasteiger partial charge on any atom is 0.317 e. The predicted octanol–water partition coefficient (Wildman–Crippen LogP) is 0.952. The molecule has 2 N–H and O–H groups in total. The number of β-amino-alcohol motifs (C(OH)–C–C–N with tert-alkyl or cyclic N) is 1. The number of nitrogens with zero attached hydrogens (tertiary/aromatic N) is 3. The van der Waals surface area contributed by atoms with Crippen LogP contribution in [0.2, 0.25) is 0 Å². The standard InChI is InChI=1S/C19H26N4O4/c1-22(2)17(24)12-19(26)8-3-10-23(14-19)18(25)21-9-11-27-16-6-4-15(13-20)5-7-16/h4-7,26H,3,8-12,14H2,1-2H3,(H,21,25). The first-order valence-electron chi connectivity index (χ1n) is 8.91. The molecule has 1 heterocycles. The van der Waals surface area contributed by atoms with Crippen LogP contribution in [0.4, 0.5) is 4.79 Å². The molecule has 0 spiro atoms. The van der Waals surface area contributed by atoms with Gasteiger partial charge in [0.25, 0.3) is 0 Å². The Hall–Kier alpha value is -2.79. The lowest BCUT2D eigenvalue weighted by atomic mass is 9.89. The summed E-state index contributed by atoms with van der Waals surface area (Å²) in [4.78, 5) is 27.2. The number of ether oxygens (including phenoxy) is 1. The van der Waals surface area contributed by atoms with E-state index in [1.54, 1.807) is 38.4 Å². The number of piperidine rings is 1. The van der Waals surface area contributed by atoms with Crippen LogP contribution in [0.15, 0.2) is 24.3 Å². The zero-order valence-corrected chi connectivity index (χ0v) is 15.8. The van der Waals surface area contributed by atoms with E-state index in [0.717, 1.165) is 0 Å². The third-order valence-electron chi connectivity index (χ3n) is 4.45. The average Bonchev–Trinajstić information content (AvgIpc) is 2.65. The molecule has 1 fully saturated rings. The van der Waals surface area contributed by atoms with E-state index < -0.39 is 5.60 Å². The SMILES string of the molecule is CN(C)C(=O)CC1(O)CCCN(C(=O)NCCOc2ccc(C#N)cc2)C1. The number of hydrogen-bond acceptors (Lipinski definition) is 5. The van der Waals surface area contributed by atoms with E-state index in [9.17, 15) is 14.7 Å². The molecule has 1 aromatic carbocycles. The minimum atomic E-state index is -1.18. The van der Waals surface area contributed by atoms with Crippen molar-refractivity contribution in [3.8, 4) is 11.8 Å². The van der Waals surface area contributed by atoms with Crippen LogP contribution in [0, 0.1) is 11.3 Å². The maximum absolute atomic E-state index is 12.3. The highest BCUT2D eigenvalue weighted by molar-refractivity contribution is 5.77. The fourth-order valence-corrected chi connectivity index (χ4v) is 2.93. The Morgan fingerprint density at radius 1 is 1.37 bits per heavy atom. The quantitative estimate of drug-likeness (QED) is 0.721. The molecular formula is C19H26N4O4. The fraction of sp³-hybridized carbons (Fsp3) is 0.526. The first kappa shape index (κ1) is 20.5. The van der Waals surface area contributed by atoms with Gasteiger partial charge in [0.15, 0.2) is 0 Å². The van der Waals surface area contributed by atoms with E-state index in [1.807, 2.05) is 6.07 Å². The normalized spacial score (nSPS) is 19.1. The molecule has 27 heavy (non-hydrogen) atoms. The first-order valence-corrected chi connectivity index (χ1v) is 8.91. The van der Waals surface area contributed by atoms with Crippen molar-refractivity contribution in [3.05, 3.63) is 29.8 Å². The van der Waals surface area contributed by atoms with Gasteiger partial charge in [-0.25, -0.2) is 4.79 Å². The van der Waals surface area contributed by atoms with Gasteiger partial charge in [-0.15, -0.1) is 0 Å². The lowest BCUT2D eigenvalue weighted by Crippen LogP contribution is -2.54. The van der Waals surface area contributed by atoms with Gasteiger partial charge in [0.1, 0.15) is 12.4 Å². The molecule has 1 saturated heterocycles. The van der Waals surface area contributed by atoms with Crippen LogP contribution in [0.5, 0.6) is 5.75 Å². The van der Waals surface area contributed by atoms with Gasteiger partial charge < -0.3 is 25.0 Å². The monoisotopic (exact) mass is 374 g/mol. The molecule has 1 unspecified atom stereocenters. The summed E-state index contributed by atoms with van der Waals surface area (Å²) in [6, 6.07) is 8.48. The third-order valence-corrected chi connectivity index (χ3v) is 4.45. The highest BCUT2D eigenvalue weighted by Gasteiger charge is 2.37. The Kier molecular flexibility index (Phi) is 7.02. The number of nitriles is 1. The van der Waals surface area contributed by atoms with Gasteiger partial charge in [-0.05, 0) is 37.1 Å². The number of carbonyl (C=O) groups excluding carboxylic acids is 2. The molecule has 1 aliphatic heterocycles. The van der Waals surface area contributed by atoms with Crippen LogP contribution in [0.1, 0.15) is 24.8 Å². The molecule has 0 saturated carbocycles. The van der Waals surface area contributed by atoms with Gasteiger partial charge in [0, 0.05) is 20.6 Å². The zero-order valence-electron chi connectivity index (χ0n) is 15.8. The number of urea groups is 1. The Morgan fingerprint density at radius 3 is 2.70 bits per heavy atom. The fourth-order valence-electron chi connectivity index (χ4n) is 2.93. The van der Waals surface area contributed by atoms with Crippen molar-refractivity contribution in [2.24, 2.45) is 0 Å². The van der Waals surface area contributed by atoms with Crippen molar-refractivity contribution in [1.82, 2.24) is 15.1 Å². The van der Waals surface area contributed by atoms with Crippen LogP contribution in [0.25, 0.3) is 0 Å². The number of hydrogen-bond donors (Lipinski definition) is 2. The summed E-state index contributed by atoms with van der Waals surface area (Å²) >= 11 is 0. The number of aliphatic hydroxyl groups is 1. The summed E-state index contributed by atoms with van der Waals surface area (Å²) in [5.74, 6) is 0.466. The highest BCUT2D eigenvalue weighted by Crippen LogP contribution is 2.25.